The van der Waals surface area contributed by atoms with Crippen LogP contribution in [-0.4, -0.2) is 6.61 Å². The van der Waals surface area contributed by atoms with Crippen molar-refractivity contribution in [3.63, 3.8) is 0 Å². The summed E-state index contributed by atoms with van der Waals surface area (Å²) in [6, 6.07) is 5.75. The molecule has 0 unspecified atom stereocenters. The first-order valence-electron chi connectivity index (χ1n) is 3.75. The normalized spacial score (nSPS) is 10.2. The Hall–Kier alpha value is -0.0500. The topological polar surface area (TPSA) is 9.23 Å². The molecule has 12 heavy (non-hydrogen) atoms. The van der Waals surface area contributed by atoms with Gasteiger partial charge in [-0.15, -0.1) is 0 Å². The van der Waals surface area contributed by atoms with E-state index in [0.717, 1.165) is 15.1 Å². The smallest absolute Gasteiger partial charge is 0.0731 e. The summed E-state index contributed by atoms with van der Waals surface area (Å²) in [6.07, 6.45) is 0. The van der Waals surface area contributed by atoms with Gasteiger partial charge >= 0.3 is 0 Å². The van der Waals surface area contributed by atoms with Crippen molar-refractivity contribution in [2.45, 2.75) is 13.5 Å². The van der Waals surface area contributed by atoms with E-state index in [4.69, 9.17) is 16.3 Å². The van der Waals surface area contributed by atoms with Gasteiger partial charge in [0, 0.05) is 16.1 Å². The summed E-state index contributed by atoms with van der Waals surface area (Å²) in [4.78, 5) is 0. The van der Waals surface area contributed by atoms with Gasteiger partial charge in [-0.05, 0) is 30.7 Å². The molecule has 66 valence electrons. The lowest BCUT2D eigenvalue weighted by Gasteiger charge is -2.04. The van der Waals surface area contributed by atoms with Crippen molar-refractivity contribution < 1.29 is 4.74 Å². The van der Waals surface area contributed by atoms with Crippen LogP contribution in [-0.2, 0) is 11.3 Å². The average molecular weight is 250 g/mol. The van der Waals surface area contributed by atoms with E-state index in [1.165, 1.54) is 0 Å². The second kappa shape index (κ2) is 4.85. The van der Waals surface area contributed by atoms with Crippen LogP contribution in [0.1, 0.15) is 12.5 Å². The van der Waals surface area contributed by atoms with Gasteiger partial charge in [-0.3, -0.25) is 0 Å². The first-order chi connectivity index (χ1) is 5.74. The van der Waals surface area contributed by atoms with Crippen molar-refractivity contribution in [1.29, 1.82) is 0 Å². The lowest BCUT2D eigenvalue weighted by Crippen LogP contribution is -1.92. The minimum Gasteiger partial charge on any atom is -0.377 e. The molecule has 1 nitrogen and oxygen atoms in total. The number of halogens is 2. The summed E-state index contributed by atoms with van der Waals surface area (Å²) >= 11 is 9.31. The van der Waals surface area contributed by atoms with Crippen LogP contribution in [0.15, 0.2) is 22.7 Å². The highest BCUT2D eigenvalue weighted by atomic mass is 79.9. The molecule has 1 rings (SSSR count). The predicted octanol–water partition coefficient (Wildman–Crippen LogP) is 3.64. The van der Waals surface area contributed by atoms with E-state index < -0.39 is 0 Å². The molecule has 0 aliphatic carbocycles. The summed E-state index contributed by atoms with van der Waals surface area (Å²) in [5.41, 5.74) is 1.02. The van der Waals surface area contributed by atoms with E-state index in [0.29, 0.717) is 13.2 Å². The summed E-state index contributed by atoms with van der Waals surface area (Å²) in [5, 5.41) is 0.756. The van der Waals surface area contributed by atoms with Crippen LogP contribution in [0.3, 0.4) is 0 Å². The fourth-order valence-corrected chi connectivity index (χ4v) is 1.45. The fraction of sp³-hybridized carbons (Fsp3) is 0.333. The molecule has 0 bridgehead atoms. The van der Waals surface area contributed by atoms with Crippen molar-refractivity contribution in [2.24, 2.45) is 0 Å². The lowest BCUT2D eigenvalue weighted by atomic mass is 10.2. The van der Waals surface area contributed by atoms with Gasteiger partial charge in [-0.2, -0.15) is 0 Å². The first kappa shape index (κ1) is 10.0. The fourth-order valence-electron chi connectivity index (χ4n) is 0.866. The SMILES string of the molecule is CCOCc1cc(Br)ccc1Cl. The zero-order chi connectivity index (χ0) is 8.97. The van der Waals surface area contributed by atoms with Crippen LogP contribution in [0.4, 0.5) is 0 Å². The molecule has 0 atom stereocenters. The zero-order valence-corrected chi connectivity index (χ0v) is 9.15. The van der Waals surface area contributed by atoms with Crippen molar-refractivity contribution in [2.75, 3.05) is 6.61 Å². The molecular weight excluding hydrogens is 239 g/mol. The summed E-state index contributed by atoms with van der Waals surface area (Å²) in [5.74, 6) is 0. The quantitative estimate of drug-likeness (QED) is 0.795. The van der Waals surface area contributed by atoms with Gasteiger partial charge in [0.15, 0.2) is 0 Å². The van der Waals surface area contributed by atoms with E-state index >= 15 is 0 Å². The minimum atomic E-state index is 0.578. The monoisotopic (exact) mass is 248 g/mol. The molecule has 0 saturated heterocycles. The molecule has 0 radical (unpaired) electrons. The third-order valence-electron chi connectivity index (χ3n) is 1.47. The Morgan fingerprint density at radius 3 is 2.92 bits per heavy atom. The van der Waals surface area contributed by atoms with Crippen LogP contribution in [0, 0.1) is 0 Å². The van der Waals surface area contributed by atoms with Gasteiger partial charge in [-0.25, -0.2) is 0 Å². The Bertz CT molecular complexity index is 263. The third-order valence-corrected chi connectivity index (χ3v) is 2.33. The number of benzene rings is 1. The molecule has 0 heterocycles. The molecule has 0 spiro atoms. The summed E-state index contributed by atoms with van der Waals surface area (Å²) < 4.78 is 6.28. The molecular formula is C9H10BrClO. The van der Waals surface area contributed by atoms with Gasteiger partial charge in [0.05, 0.1) is 6.61 Å². The van der Waals surface area contributed by atoms with E-state index in [2.05, 4.69) is 15.9 Å². The van der Waals surface area contributed by atoms with Crippen molar-refractivity contribution in [3.8, 4) is 0 Å². The van der Waals surface area contributed by atoms with E-state index in [1.807, 2.05) is 25.1 Å². The second-order valence-corrected chi connectivity index (χ2v) is 3.70. The zero-order valence-electron chi connectivity index (χ0n) is 6.81. The van der Waals surface area contributed by atoms with Crippen LogP contribution in [0.5, 0.6) is 0 Å². The molecule has 0 N–H and O–H groups in total. The highest BCUT2D eigenvalue weighted by Crippen LogP contribution is 2.21. The molecule has 0 fully saturated rings. The Morgan fingerprint density at radius 1 is 1.50 bits per heavy atom. The van der Waals surface area contributed by atoms with Crippen molar-refractivity contribution >= 4 is 27.5 Å². The van der Waals surface area contributed by atoms with E-state index in [9.17, 15) is 0 Å². The van der Waals surface area contributed by atoms with Crippen molar-refractivity contribution in [1.82, 2.24) is 0 Å². The van der Waals surface area contributed by atoms with Crippen LogP contribution in [0.25, 0.3) is 0 Å². The van der Waals surface area contributed by atoms with Gasteiger partial charge in [0.2, 0.25) is 0 Å². The number of hydrogen-bond donors (Lipinski definition) is 0. The standard InChI is InChI=1S/C9H10BrClO/c1-2-12-6-7-5-8(10)3-4-9(7)11/h3-5H,2,6H2,1H3. The minimum absolute atomic E-state index is 0.578. The predicted molar refractivity (Wildman–Crippen MR) is 54.5 cm³/mol. The largest absolute Gasteiger partial charge is 0.377 e. The lowest BCUT2D eigenvalue weighted by molar-refractivity contribution is 0.134. The van der Waals surface area contributed by atoms with Crippen molar-refractivity contribution in [3.05, 3.63) is 33.3 Å². The molecule has 0 aromatic heterocycles. The van der Waals surface area contributed by atoms with Gasteiger partial charge in [-0.1, -0.05) is 27.5 Å². The van der Waals surface area contributed by atoms with Crippen LogP contribution in [0.2, 0.25) is 5.02 Å². The maximum absolute atomic E-state index is 5.93. The number of ether oxygens (including phenoxy) is 1. The van der Waals surface area contributed by atoms with Gasteiger partial charge in [0.25, 0.3) is 0 Å². The Labute approximate surface area is 85.8 Å². The summed E-state index contributed by atoms with van der Waals surface area (Å²) in [6.45, 7) is 3.25. The Balaban J connectivity index is 2.75. The average Bonchev–Trinajstić information content (AvgIpc) is 2.07. The molecule has 1 aromatic rings. The molecule has 3 heteroatoms. The maximum atomic E-state index is 5.93. The molecule has 0 aliphatic rings. The third kappa shape index (κ3) is 2.77. The molecule has 0 amide bonds. The Morgan fingerprint density at radius 2 is 2.25 bits per heavy atom. The van der Waals surface area contributed by atoms with E-state index in [1.54, 1.807) is 0 Å². The number of rotatable bonds is 3. The van der Waals surface area contributed by atoms with Crippen LogP contribution < -0.4 is 0 Å². The van der Waals surface area contributed by atoms with E-state index in [-0.39, 0.29) is 0 Å². The van der Waals surface area contributed by atoms with Crippen LogP contribution >= 0.6 is 27.5 Å². The van der Waals surface area contributed by atoms with Gasteiger partial charge in [0.1, 0.15) is 0 Å². The molecule has 1 aromatic carbocycles. The van der Waals surface area contributed by atoms with Gasteiger partial charge < -0.3 is 4.74 Å². The summed E-state index contributed by atoms with van der Waals surface area (Å²) in [7, 11) is 0. The molecule has 0 aliphatic heterocycles. The Kier molecular flexibility index (Phi) is 4.06. The first-order valence-corrected chi connectivity index (χ1v) is 4.92. The highest BCUT2D eigenvalue weighted by molar-refractivity contribution is 9.10. The number of hydrogen-bond acceptors (Lipinski definition) is 1. The molecule has 0 saturated carbocycles. The maximum Gasteiger partial charge on any atom is 0.0731 e. The highest BCUT2D eigenvalue weighted by Gasteiger charge is 1.99. The second-order valence-electron chi connectivity index (χ2n) is 2.37.